The Morgan fingerprint density at radius 2 is 0.434 bits per heavy atom. The van der Waals surface area contributed by atoms with Gasteiger partial charge in [-0.1, -0.05) is 0 Å². The Balaban J connectivity index is 7.72. The van der Waals surface area contributed by atoms with Gasteiger partial charge in [0.05, 0.1) is 30.8 Å². The van der Waals surface area contributed by atoms with Crippen molar-refractivity contribution in [2.45, 2.75) is 240 Å². The molecule has 113 heavy (non-hydrogen) atoms. The molecule has 43 heteroatoms. The van der Waals surface area contributed by atoms with Crippen LogP contribution in [0, 0.1) is 10.8 Å². The van der Waals surface area contributed by atoms with Gasteiger partial charge in [0.2, 0.25) is 0 Å². The second-order valence-electron chi connectivity index (χ2n) is 26.6. The number of benzene rings is 1. The molecule has 0 amide bonds. The van der Waals surface area contributed by atoms with E-state index in [1.807, 2.05) is 0 Å². The van der Waals surface area contributed by atoms with Gasteiger partial charge in [-0.25, -0.2) is 0 Å². The highest BCUT2D eigenvalue weighted by Crippen LogP contribution is 2.67. The topological polar surface area (TPSA) is 754 Å². The minimum absolute atomic E-state index is 0.0294. The van der Waals surface area contributed by atoms with Crippen LogP contribution in [0.1, 0.15) is 220 Å². The van der Waals surface area contributed by atoms with E-state index < -0.39 is 423 Å². The molecular formula is C70H93NO42. The van der Waals surface area contributed by atoms with Crippen molar-refractivity contribution in [1.82, 2.24) is 4.90 Å². The predicted molar refractivity (Wildman–Crippen MR) is 367 cm³/mol. The van der Waals surface area contributed by atoms with Gasteiger partial charge in [-0.3, -0.25) is 106 Å². The van der Waals surface area contributed by atoms with E-state index in [0.717, 1.165) is 0 Å². The van der Waals surface area contributed by atoms with Crippen LogP contribution in [-0.2, 0) is 152 Å². The lowest BCUT2D eigenvalue weighted by Gasteiger charge is -2.72. The summed E-state index contributed by atoms with van der Waals surface area (Å²) in [6.07, 6.45) is -57.4. The first kappa shape index (κ1) is 99.1. The fourth-order valence-corrected chi connectivity index (χ4v) is 15.7. The van der Waals surface area contributed by atoms with Crippen LogP contribution in [0.15, 0.2) is 0 Å². The highest BCUT2D eigenvalue weighted by atomic mass is 16.5. The van der Waals surface area contributed by atoms with Crippen LogP contribution in [0.3, 0.4) is 0 Å². The third-order valence-corrected chi connectivity index (χ3v) is 20.0. The lowest BCUT2D eigenvalue weighted by atomic mass is 9.47. The quantitative estimate of drug-likeness (QED) is 0.0329. The molecule has 0 aliphatic carbocycles. The monoisotopic (exact) mass is 1620 g/mol. The first-order valence-corrected chi connectivity index (χ1v) is 34.9. The predicted octanol–water partition coefficient (Wildman–Crippen LogP) is 3.22. The van der Waals surface area contributed by atoms with Crippen LogP contribution in [0.4, 0.5) is 0 Å². The summed E-state index contributed by atoms with van der Waals surface area (Å²) >= 11 is 0. The van der Waals surface area contributed by atoms with Gasteiger partial charge in [-0.05, 0) is 136 Å². The molecular weight excluding hydrogens is 1530 g/mol. The molecule has 0 bridgehead atoms. The van der Waals surface area contributed by atoms with Crippen molar-refractivity contribution < 1.29 is 207 Å². The maximum atomic E-state index is 18.0. The van der Waals surface area contributed by atoms with E-state index in [1.165, 1.54) is 0 Å². The van der Waals surface area contributed by atoms with Crippen molar-refractivity contribution >= 4 is 125 Å². The van der Waals surface area contributed by atoms with Gasteiger partial charge in [-0.2, -0.15) is 0 Å². The average Bonchev–Trinajstić information content (AvgIpc) is 0.661. The van der Waals surface area contributed by atoms with Gasteiger partial charge in [0, 0.05) is 119 Å². The second-order valence-corrected chi connectivity index (χ2v) is 26.6. The number of aliphatic carboxylic acids is 18. The largest absolute Gasteiger partial charge is 0.481 e. The molecule has 0 saturated carbocycles. The second kappa shape index (κ2) is 45.4. The zero-order chi connectivity index (χ0) is 86.7. The smallest absolute Gasteiger partial charge is 0.327 e. The molecule has 1 atom stereocenters. The summed E-state index contributed by atoms with van der Waals surface area (Å²) in [5.74, 6) is -44.9. The van der Waals surface area contributed by atoms with E-state index in [2.05, 4.69) is 0 Å². The lowest BCUT2D eigenvalue weighted by Crippen LogP contribution is -2.85. The van der Waals surface area contributed by atoms with Gasteiger partial charge < -0.3 is 106 Å². The van der Waals surface area contributed by atoms with Crippen LogP contribution >= 0.6 is 0 Å². The van der Waals surface area contributed by atoms with Crippen molar-refractivity contribution in [3.8, 4) is 0 Å². The Morgan fingerprint density at radius 3 is 0.655 bits per heavy atom. The molecule has 0 spiro atoms. The number of esters is 3. The minimum atomic E-state index is -4.64. The molecule has 18 N–H and O–H groups in total. The molecule has 0 fully saturated rings. The zero-order valence-corrected chi connectivity index (χ0v) is 61.3. The Hall–Kier alpha value is -12.0. The highest BCUT2D eigenvalue weighted by molar-refractivity contribution is 5.90. The fraction of sp³-hybridized carbons (Fsp3) is 0.614. The van der Waals surface area contributed by atoms with Crippen molar-refractivity contribution in [1.29, 1.82) is 0 Å². The summed E-state index contributed by atoms with van der Waals surface area (Å²) in [5, 5.41) is 197. The number of carbonyl (C=O) groups is 21. The SMILES string of the molecule is COC(=O)[C@@](CCC(=O)O)(N(C(CCC(=O)O)(CCC(=O)O)C(CCC(=O)O)(CCC(=O)O)C(=O)OCCC(=O)O)C(CCC(=O)O)(CCC(=O)O)C(CCC(=O)O)(CCC(=O)O)C(=O)OCCC(=O)O)C(CCC(=O)O)(CCC(=O)O)c1c(CCC(=O)O)c(CCC(=O)O)c(CCC(=O)O)c(CCC(=O)O)c1CCC(=O)O. The number of nitrogens with zero attached hydrogens (tertiary/aromatic N) is 1. The average molecular weight is 1620 g/mol. The van der Waals surface area contributed by atoms with Crippen LogP contribution in [-0.4, -0.2) is 259 Å². The number of rotatable bonds is 64. The van der Waals surface area contributed by atoms with E-state index >= 15 is 14.4 Å². The van der Waals surface area contributed by atoms with Gasteiger partial charge in [-0.15, -0.1) is 0 Å². The van der Waals surface area contributed by atoms with Crippen LogP contribution in [0.25, 0.3) is 0 Å². The first-order chi connectivity index (χ1) is 52.5. The zero-order valence-electron chi connectivity index (χ0n) is 61.3. The summed E-state index contributed by atoms with van der Waals surface area (Å²) in [6.45, 7) is -3.11. The summed E-state index contributed by atoms with van der Waals surface area (Å²) in [5.41, 5.74) is -30.4. The Morgan fingerprint density at radius 1 is 0.239 bits per heavy atom. The molecule has 0 heterocycles. The van der Waals surface area contributed by atoms with Crippen LogP contribution < -0.4 is 0 Å². The number of hydrogen-bond donors (Lipinski definition) is 18. The van der Waals surface area contributed by atoms with E-state index in [9.17, 15) is 178 Å². The Kier molecular flexibility index (Phi) is 39.8. The number of carbonyl (C=O) groups excluding carboxylic acids is 3. The Labute approximate surface area is 640 Å². The maximum absolute atomic E-state index is 18.0. The molecule has 0 unspecified atom stereocenters. The maximum Gasteiger partial charge on any atom is 0.327 e. The van der Waals surface area contributed by atoms with Gasteiger partial charge >= 0.3 is 125 Å². The normalized spacial score (nSPS) is 12.3. The number of hydrogen-bond acceptors (Lipinski definition) is 25. The summed E-state index contributed by atoms with van der Waals surface area (Å²) in [4.78, 5) is 297. The molecule has 0 aliphatic heterocycles. The molecule has 0 radical (unpaired) electrons. The molecule has 0 aromatic heterocycles. The summed E-state index contributed by atoms with van der Waals surface area (Å²) < 4.78 is 17.1. The first-order valence-electron chi connectivity index (χ1n) is 34.9. The molecule has 630 valence electrons. The summed E-state index contributed by atoms with van der Waals surface area (Å²) in [6, 6.07) is 0. The lowest BCUT2D eigenvalue weighted by molar-refractivity contribution is -0.251. The van der Waals surface area contributed by atoms with Gasteiger partial charge in [0.1, 0.15) is 18.8 Å². The minimum Gasteiger partial charge on any atom is -0.481 e. The van der Waals surface area contributed by atoms with Crippen molar-refractivity contribution in [2.75, 3.05) is 20.3 Å². The van der Waals surface area contributed by atoms with Gasteiger partial charge in [0.25, 0.3) is 0 Å². The number of methoxy groups -OCH3 is 1. The number of ether oxygens (including phenoxy) is 3. The number of carboxylic acids is 18. The standard InChI is InChI=1S/C70H93NO42/c1-111-64(110)70(35-22-58(102)103,65(25-12-48(82)83,26-13-49(84)85)61-41(5-10-46(78)79)39(3-8-44(74)75)38(2-7-43(72)73)40(4-9-45(76)77)42(61)6-11-47(80)81)71(68(31-18-54(94)95,32-19-55(96)97)66(27-14-50(86)87,28-15-51(88)89)62(108)112-36-23-59(104)105)69(33-20-56(98)99,34-21-57(100)101)67(29-16-52(90)91,30-17-53(92)93)63(109)113-37-24-60(106)107/h2-37H2,1H3,(H,72,73)(H,74,75)(H,76,77)(H,78,79)(H,80,81)(H,82,83)(H,84,85)(H,86,87)(H,88,89)(H,90,91)(H,92,93)(H,94,95)(H,96,97)(H,98,99)(H,100,101)(H,102,103)(H,104,105)(H,106,107)/t70-/m1/s1. The van der Waals surface area contributed by atoms with Gasteiger partial charge in [0.15, 0.2) is 0 Å². The number of carboxylic acid groups (broad SMARTS) is 18. The fourth-order valence-electron chi connectivity index (χ4n) is 15.7. The highest BCUT2D eigenvalue weighted by Gasteiger charge is 2.78. The van der Waals surface area contributed by atoms with E-state index in [1.54, 1.807) is 0 Å². The molecule has 1 rings (SSSR count). The third kappa shape index (κ3) is 27.8. The van der Waals surface area contributed by atoms with Crippen molar-refractivity contribution in [2.24, 2.45) is 10.8 Å². The van der Waals surface area contributed by atoms with E-state index in [-0.39, 0.29) is 12.0 Å². The molecule has 0 aliphatic rings. The molecule has 1 aromatic carbocycles. The van der Waals surface area contributed by atoms with Crippen LogP contribution in [0.5, 0.6) is 0 Å². The molecule has 0 saturated heterocycles. The van der Waals surface area contributed by atoms with Crippen molar-refractivity contribution in [3.05, 3.63) is 33.4 Å². The van der Waals surface area contributed by atoms with Crippen molar-refractivity contribution in [3.63, 3.8) is 0 Å². The van der Waals surface area contributed by atoms with Crippen LogP contribution in [0.2, 0.25) is 0 Å². The molecule has 43 nitrogen and oxygen atoms in total. The molecule has 1 aromatic rings. The third-order valence-electron chi connectivity index (χ3n) is 20.0. The Bertz CT molecular complexity index is 3480. The summed E-state index contributed by atoms with van der Waals surface area (Å²) in [7, 11) is 0.286. The van der Waals surface area contributed by atoms with E-state index in [0.29, 0.717) is 0 Å². The van der Waals surface area contributed by atoms with E-state index in [4.69, 9.17) is 14.2 Å².